The molecule has 78 valence electrons. The molecule has 0 aliphatic carbocycles. The topological polar surface area (TPSA) is 29.1 Å². The van der Waals surface area contributed by atoms with Crippen molar-refractivity contribution in [2.24, 2.45) is 0 Å². The Labute approximate surface area is 90.3 Å². The van der Waals surface area contributed by atoms with Crippen LogP contribution in [0.15, 0.2) is 36.9 Å². The van der Waals surface area contributed by atoms with Crippen molar-refractivity contribution in [1.29, 1.82) is 0 Å². The number of carbonyl (C=O) groups is 1. The van der Waals surface area contributed by atoms with Gasteiger partial charge in [-0.25, -0.2) is 0 Å². The molecule has 0 saturated heterocycles. The smallest absolute Gasteiger partial charge is 0.221 e. The molecule has 0 bridgehead atoms. The first kappa shape index (κ1) is 11.2. The van der Waals surface area contributed by atoms with E-state index >= 15 is 0 Å². The van der Waals surface area contributed by atoms with E-state index in [4.69, 9.17) is 0 Å². The minimum absolute atomic E-state index is 0.0676. The van der Waals surface area contributed by atoms with Gasteiger partial charge in [0.2, 0.25) is 5.91 Å². The van der Waals surface area contributed by atoms with Crippen molar-refractivity contribution in [3.05, 3.63) is 48.0 Å². The highest BCUT2D eigenvalue weighted by Gasteiger charge is 2.05. The fourth-order valence-corrected chi connectivity index (χ4v) is 1.40. The van der Waals surface area contributed by atoms with Crippen LogP contribution < -0.4 is 5.32 Å². The second kappa shape index (κ2) is 5.15. The van der Waals surface area contributed by atoms with Gasteiger partial charge in [-0.05, 0) is 12.5 Å². The third-order valence-corrected chi connectivity index (χ3v) is 2.07. The molecule has 15 heavy (non-hydrogen) atoms. The number of carbonyl (C=O) groups excluding carboxylic acids is 1. The van der Waals surface area contributed by atoms with E-state index in [0.29, 0.717) is 0 Å². The van der Waals surface area contributed by atoms with Crippen molar-refractivity contribution in [2.75, 3.05) is 0 Å². The first-order valence-corrected chi connectivity index (χ1v) is 4.84. The minimum Gasteiger partial charge on any atom is -0.326 e. The molecule has 0 unspecified atom stereocenters. The highest BCUT2D eigenvalue weighted by atomic mass is 16.1. The lowest BCUT2D eigenvalue weighted by molar-refractivity contribution is -0.117. The van der Waals surface area contributed by atoms with Gasteiger partial charge < -0.3 is 5.32 Å². The molecular formula is C13H15NO. The van der Waals surface area contributed by atoms with E-state index in [9.17, 15) is 4.79 Å². The van der Waals surface area contributed by atoms with E-state index in [0.717, 1.165) is 16.8 Å². The number of nitrogens with one attached hydrogen (secondary N) is 1. The van der Waals surface area contributed by atoms with Crippen molar-refractivity contribution in [1.82, 2.24) is 5.32 Å². The predicted octanol–water partition coefficient (Wildman–Crippen LogP) is 2.83. The van der Waals surface area contributed by atoms with E-state index in [1.54, 1.807) is 6.08 Å². The van der Waals surface area contributed by atoms with E-state index < -0.39 is 0 Å². The summed E-state index contributed by atoms with van der Waals surface area (Å²) < 4.78 is 0. The normalized spacial score (nSPS) is 10.9. The van der Waals surface area contributed by atoms with Crippen molar-refractivity contribution in [3.63, 3.8) is 0 Å². The molecule has 1 amide bonds. The van der Waals surface area contributed by atoms with Crippen LogP contribution in [-0.2, 0) is 4.79 Å². The lowest BCUT2D eigenvalue weighted by atomic mass is 10.0. The summed E-state index contributed by atoms with van der Waals surface area (Å²) in [6.07, 6.45) is 3.66. The van der Waals surface area contributed by atoms with Crippen molar-refractivity contribution in [2.45, 2.75) is 13.8 Å². The fourth-order valence-electron chi connectivity index (χ4n) is 1.40. The number of hydrogen-bond acceptors (Lipinski definition) is 1. The summed E-state index contributed by atoms with van der Waals surface area (Å²) in [7, 11) is 0. The molecule has 0 aliphatic heterocycles. The number of allylic oxidation sites excluding steroid dienone is 1. The zero-order valence-electron chi connectivity index (χ0n) is 9.08. The van der Waals surface area contributed by atoms with E-state index in [1.165, 1.54) is 6.92 Å². The van der Waals surface area contributed by atoms with Crippen LogP contribution >= 0.6 is 0 Å². The molecule has 0 heterocycles. The Balaban J connectivity index is 3.12. The van der Waals surface area contributed by atoms with Crippen LogP contribution in [0.5, 0.6) is 0 Å². The van der Waals surface area contributed by atoms with Crippen molar-refractivity contribution in [3.8, 4) is 0 Å². The van der Waals surface area contributed by atoms with Crippen LogP contribution in [-0.4, -0.2) is 5.91 Å². The number of rotatable bonds is 3. The maximum absolute atomic E-state index is 11.0. The van der Waals surface area contributed by atoms with Crippen LogP contribution in [0, 0.1) is 0 Å². The molecule has 0 saturated carbocycles. The van der Waals surface area contributed by atoms with Crippen LogP contribution in [0.2, 0.25) is 0 Å². The van der Waals surface area contributed by atoms with Crippen molar-refractivity contribution >= 4 is 17.7 Å². The third-order valence-electron chi connectivity index (χ3n) is 2.07. The first-order chi connectivity index (χ1) is 7.19. The van der Waals surface area contributed by atoms with Crippen LogP contribution in [0.3, 0.4) is 0 Å². The van der Waals surface area contributed by atoms with Gasteiger partial charge in [0.25, 0.3) is 0 Å². The number of benzene rings is 1. The Hall–Kier alpha value is -1.83. The number of hydrogen-bond donors (Lipinski definition) is 1. The predicted molar refractivity (Wildman–Crippen MR) is 64.0 cm³/mol. The van der Waals surface area contributed by atoms with Gasteiger partial charge in [-0.15, -0.1) is 0 Å². The Morgan fingerprint density at radius 3 is 2.60 bits per heavy atom. The van der Waals surface area contributed by atoms with Gasteiger partial charge in [-0.1, -0.05) is 43.0 Å². The van der Waals surface area contributed by atoms with Crippen LogP contribution in [0.4, 0.5) is 0 Å². The molecule has 1 aromatic carbocycles. The highest BCUT2D eigenvalue weighted by molar-refractivity contribution is 5.86. The van der Waals surface area contributed by atoms with Crippen LogP contribution in [0.1, 0.15) is 25.0 Å². The van der Waals surface area contributed by atoms with Gasteiger partial charge in [0.05, 0.1) is 0 Å². The van der Waals surface area contributed by atoms with Crippen LogP contribution in [0.25, 0.3) is 11.8 Å². The summed E-state index contributed by atoms with van der Waals surface area (Å²) in [4.78, 5) is 11.0. The lowest BCUT2D eigenvalue weighted by Gasteiger charge is -2.10. The molecule has 0 spiro atoms. The van der Waals surface area contributed by atoms with Gasteiger partial charge in [0.15, 0.2) is 0 Å². The maximum Gasteiger partial charge on any atom is 0.221 e. The molecule has 2 heteroatoms. The largest absolute Gasteiger partial charge is 0.326 e. The molecule has 1 N–H and O–H groups in total. The molecule has 2 nitrogen and oxygen atoms in total. The average Bonchev–Trinajstić information content (AvgIpc) is 2.25. The number of amides is 1. The van der Waals surface area contributed by atoms with Gasteiger partial charge in [-0.3, -0.25) is 4.79 Å². The SMILES string of the molecule is C=Cc1ccccc1/C(=C\C)NC(C)=O. The summed E-state index contributed by atoms with van der Waals surface area (Å²) in [6.45, 7) is 7.14. The quantitative estimate of drug-likeness (QED) is 0.800. The molecule has 0 radical (unpaired) electrons. The van der Waals surface area contributed by atoms with Gasteiger partial charge in [0, 0.05) is 18.2 Å². The fraction of sp³-hybridized carbons (Fsp3) is 0.154. The molecule has 0 atom stereocenters. The second-order valence-corrected chi connectivity index (χ2v) is 3.17. The monoisotopic (exact) mass is 201 g/mol. The summed E-state index contributed by atoms with van der Waals surface area (Å²) >= 11 is 0. The first-order valence-electron chi connectivity index (χ1n) is 4.84. The highest BCUT2D eigenvalue weighted by Crippen LogP contribution is 2.17. The van der Waals surface area contributed by atoms with Gasteiger partial charge in [0.1, 0.15) is 0 Å². The Morgan fingerprint density at radius 2 is 2.07 bits per heavy atom. The maximum atomic E-state index is 11.0. The summed E-state index contributed by atoms with van der Waals surface area (Å²) in [5, 5.41) is 2.79. The zero-order chi connectivity index (χ0) is 11.3. The molecular weight excluding hydrogens is 186 g/mol. The summed E-state index contributed by atoms with van der Waals surface area (Å²) in [5.41, 5.74) is 2.82. The minimum atomic E-state index is -0.0676. The molecule has 0 fully saturated rings. The Bertz CT molecular complexity index is 405. The van der Waals surface area contributed by atoms with E-state index in [2.05, 4.69) is 11.9 Å². The van der Waals surface area contributed by atoms with E-state index in [1.807, 2.05) is 37.3 Å². The Morgan fingerprint density at radius 1 is 1.40 bits per heavy atom. The standard InChI is InChI=1S/C13H15NO/c1-4-11-8-6-7-9-12(11)13(5-2)14-10(3)15/h4-9H,1H2,2-3H3,(H,14,15)/b13-5+. The summed E-state index contributed by atoms with van der Waals surface area (Å²) in [5.74, 6) is -0.0676. The Kier molecular flexibility index (Phi) is 3.86. The summed E-state index contributed by atoms with van der Waals surface area (Å²) in [6, 6.07) is 7.81. The van der Waals surface area contributed by atoms with Gasteiger partial charge >= 0.3 is 0 Å². The molecule has 0 aromatic heterocycles. The van der Waals surface area contributed by atoms with Gasteiger partial charge in [-0.2, -0.15) is 0 Å². The van der Waals surface area contributed by atoms with E-state index in [-0.39, 0.29) is 5.91 Å². The second-order valence-electron chi connectivity index (χ2n) is 3.17. The third kappa shape index (κ3) is 2.81. The average molecular weight is 201 g/mol. The zero-order valence-corrected chi connectivity index (χ0v) is 9.08. The lowest BCUT2D eigenvalue weighted by Crippen LogP contribution is -2.18. The van der Waals surface area contributed by atoms with Crippen molar-refractivity contribution < 1.29 is 4.79 Å². The molecule has 1 aromatic rings. The molecule has 1 rings (SSSR count). The molecule has 0 aliphatic rings.